The Labute approximate surface area is 135 Å². The van der Waals surface area contributed by atoms with E-state index in [1.54, 1.807) is 31.2 Å². The van der Waals surface area contributed by atoms with Gasteiger partial charge in [-0.05, 0) is 56.9 Å². The molecule has 1 saturated carbocycles. The maximum absolute atomic E-state index is 11.7. The summed E-state index contributed by atoms with van der Waals surface area (Å²) in [6, 6.07) is 6.47. The molecule has 0 aliphatic heterocycles. The largest absolute Gasteiger partial charge is 0.484 e. The van der Waals surface area contributed by atoms with E-state index in [2.05, 4.69) is 10.5 Å². The molecule has 0 unspecified atom stereocenters. The van der Waals surface area contributed by atoms with E-state index < -0.39 is 0 Å². The van der Waals surface area contributed by atoms with Gasteiger partial charge in [0.1, 0.15) is 5.75 Å². The standard InChI is InChI=1S/C17H22N2O4/c1-2-22-17(21)13-8-10-15(11-9-13)23-12-16(20)19-18-14-6-4-3-5-7-14/h8-11H,2-7,12H2,1H3,(H,19,20). The minimum Gasteiger partial charge on any atom is -0.484 e. The van der Waals surface area contributed by atoms with Crippen LogP contribution in [0.3, 0.4) is 0 Å². The summed E-state index contributed by atoms with van der Waals surface area (Å²) in [5, 5.41) is 4.13. The third-order valence-corrected chi connectivity index (χ3v) is 3.50. The first kappa shape index (κ1) is 17.0. The van der Waals surface area contributed by atoms with Gasteiger partial charge in [-0.1, -0.05) is 6.42 Å². The van der Waals surface area contributed by atoms with Gasteiger partial charge in [0.05, 0.1) is 12.2 Å². The molecule has 2 rings (SSSR count). The van der Waals surface area contributed by atoms with Crippen molar-refractivity contribution in [3.8, 4) is 5.75 Å². The van der Waals surface area contributed by atoms with Crippen LogP contribution in [0.1, 0.15) is 49.4 Å². The maximum Gasteiger partial charge on any atom is 0.338 e. The van der Waals surface area contributed by atoms with Gasteiger partial charge in [-0.3, -0.25) is 4.79 Å². The van der Waals surface area contributed by atoms with E-state index in [0.717, 1.165) is 31.4 Å². The van der Waals surface area contributed by atoms with Crippen molar-refractivity contribution in [2.75, 3.05) is 13.2 Å². The molecule has 0 heterocycles. The molecule has 124 valence electrons. The van der Waals surface area contributed by atoms with Crippen LogP contribution >= 0.6 is 0 Å². The average Bonchev–Trinajstić information content (AvgIpc) is 2.59. The predicted molar refractivity (Wildman–Crippen MR) is 86.6 cm³/mol. The highest BCUT2D eigenvalue weighted by molar-refractivity contribution is 5.89. The lowest BCUT2D eigenvalue weighted by atomic mass is 9.99. The molecule has 0 saturated heterocycles. The van der Waals surface area contributed by atoms with Gasteiger partial charge in [0.2, 0.25) is 0 Å². The van der Waals surface area contributed by atoms with Gasteiger partial charge >= 0.3 is 5.97 Å². The molecule has 23 heavy (non-hydrogen) atoms. The molecule has 0 aromatic heterocycles. The number of hydrogen-bond donors (Lipinski definition) is 1. The molecule has 1 fully saturated rings. The predicted octanol–water partition coefficient (Wildman–Crippen LogP) is 2.68. The molecule has 1 N–H and O–H groups in total. The summed E-state index contributed by atoms with van der Waals surface area (Å²) in [6.07, 6.45) is 5.42. The Morgan fingerprint density at radius 2 is 1.83 bits per heavy atom. The molecular weight excluding hydrogens is 296 g/mol. The summed E-state index contributed by atoms with van der Waals surface area (Å²) >= 11 is 0. The number of rotatable bonds is 6. The summed E-state index contributed by atoms with van der Waals surface area (Å²) in [5.74, 6) is -0.156. The summed E-state index contributed by atoms with van der Waals surface area (Å²) < 4.78 is 10.3. The molecule has 1 aromatic carbocycles. The van der Waals surface area contributed by atoms with E-state index >= 15 is 0 Å². The maximum atomic E-state index is 11.7. The number of nitrogens with zero attached hydrogens (tertiary/aromatic N) is 1. The normalized spacial score (nSPS) is 14.0. The molecule has 1 aliphatic carbocycles. The van der Waals surface area contributed by atoms with Gasteiger partial charge in [-0.2, -0.15) is 5.10 Å². The first-order chi connectivity index (χ1) is 11.2. The van der Waals surface area contributed by atoms with E-state index in [1.807, 2.05) is 0 Å². The summed E-state index contributed by atoms with van der Waals surface area (Å²) in [6.45, 7) is 1.97. The number of carbonyl (C=O) groups excluding carboxylic acids is 2. The quantitative estimate of drug-likeness (QED) is 0.646. The topological polar surface area (TPSA) is 77.0 Å². The summed E-state index contributed by atoms with van der Waals surface area (Å²) in [7, 11) is 0. The van der Waals surface area contributed by atoms with E-state index in [1.165, 1.54) is 6.42 Å². The van der Waals surface area contributed by atoms with Gasteiger partial charge in [0, 0.05) is 5.71 Å². The number of amides is 1. The first-order valence-corrected chi connectivity index (χ1v) is 7.93. The first-order valence-electron chi connectivity index (χ1n) is 7.93. The van der Waals surface area contributed by atoms with Crippen molar-refractivity contribution < 1.29 is 19.1 Å². The van der Waals surface area contributed by atoms with E-state index in [4.69, 9.17) is 9.47 Å². The zero-order valence-corrected chi connectivity index (χ0v) is 13.3. The third-order valence-electron chi connectivity index (χ3n) is 3.50. The Balaban J connectivity index is 1.76. The Morgan fingerprint density at radius 3 is 2.48 bits per heavy atom. The van der Waals surface area contributed by atoms with Crippen molar-refractivity contribution in [2.24, 2.45) is 5.10 Å². The molecule has 6 heteroatoms. The van der Waals surface area contributed by atoms with Gasteiger partial charge in [-0.25, -0.2) is 10.2 Å². The Hall–Kier alpha value is -2.37. The van der Waals surface area contributed by atoms with Crippen LogP contribution in [-0.4, -0.2) is 30.8 Å². The minimum atomic E-state index is -0.375. The van der Waals surface area contributed by atoms with Crippen molar-refractivity contribution in [2.45, 2.75) is 39.0 Å². The second-order valence-corrected chi connectivity index (χ2v) is 5.31. The van der Waals surface area contributed by atoms with Crippen LogP contribution in [0, 0.1) is 0 Å². The van der Waals surface area contributed by atoms with Gasteiger partial charge in [-0.15, -0.1) is 0 Å². The second-order valence-electron chi connectivity index (χ2n) is 5.31. The Kier molecular flexibility index (Phi) is 6.59. The highest BCUT2D eigenvalue weighted by atomic mass is 16.5. The van der Waals surface area contributed by atoms with E-state index in [-0.39, 0.29) is 18.5 Å². The third kappa shape index (κ3) is 5.73. The molecular formula is C17H22N2O4. The highest BCUT2D eigenvalue weighted by Crippen LogP contribution is 2.14. The van der Waals surface area contributed by atoms with Crippen molar-refractivity contribution in [3.05, 3.63) is 29.8 Å². The minimum absolute atomic E-state index is 0.116. The lowest BCUT2D eigenvalue weighted by molar-refractivity contribution is -0.123. The molecule has 1 aliphatic rings. The summed E-state index contributed by atoms with van der Waals surface area (Å²) in [4.78, 5) is 23.2. The average molecular weight is 318 g/mol. The van der Waals surface area contributed by atoms with Crippen LogP contribution < -0.4 is 10.2 Å². The zero-order chi connectivity index (χ0) is 16.5. The smallest absolute Gasteiger partial charge is 0.338 e. The highest BCUT2D eigenvalue weighted by Gasteiger charge is 2.09. The molecule has 1 aromatic rings. The number of nitrogens with one attached hydrogen (secondary N) is 1. The SMILES string of the molecule is CCOC(=O)c1ccc(OCC(=O)NN=C2CCCCC2)cc1. The van der Waals surface area contributed by atoms with Crippen molar-refractivity contribution in [1.29, 1.82) is 0 Å². The summed E-state index contributed by atoms with van der Waals surface area (Å²) in [5.41, 5.74) is 4.01. The van der Waals surface area contributed by atoms with Crippen molar-refractivity contribution >= 4 is 17.6 Å². The number of esters is 1. The monoisotopic (exact) mass is 318 g/mol. The van der Waals surface area contributed by atoms with Crippen LogP contribution in [0.2, 0.25) is 0 Å². The molecule has 0 radical (unpaired) electrons. The van der Waals surface area contributed by atoms with E-state index in [0.29, 0.717) is 17.9 Å². The number of hydrazone groups is 1. The fourth-order valence-corrected chi connectivity index (χ4v) is 2.30. The number of carbonyl (C=O) groups is 2. The lowest BCUT2D eigenvalue weighted by Crippen LogP contribution is -2.26. The van der Waals surface area contributed by atoms with Crippen LogP contribution in [0.4, 0.5) is 0 Å². The van der Waals surface area contributed by atoms with Crippen LogP contribution in [-0.2, 0) is 9.53 Å². The number of ether oxygens (including phenoxy) is 2. The van der Waals surface area contributed by atoms with Gasteiger partial charge in [0.25, 0.3) is 5.91 Å². The number of benzene rings is 1. The molecule has 0 bridgehead atoms. The second kappa shape index (κ2) is 8.92. The fraction of sp³-hybridized carbons (Fsp3) is 0.471. The van der Waals surface area contributed by atoms with Crippen molar-refractivity contribution in [3.63, 3.8) is 0 Å². The van der Waals surface area contributed by atoms with Gasteiger partial charge < -0.3 is 9.47 Å². The van der Waals surface area contributed by atoms with Crippen molar-refractivity contribution in [1.82, 2.24) is 5.43 Å². The van der Waals surface area contributed by atoms with Crippen LogP contribution in [0.15, 0.2) is 29.4 Å². The molecule has 1 amide bonds. The Bertz CT molecular complexity index is 558. The molecule has 6 nitrogen and oxygen atoms in total. The number of hydrogen-bond acceptors (Lipinski definition) is 5. The van der Waals surface area contributed by atoms with Gasteiger partial charge in [0.15, 0.2) is 6.61 Å². The van der Waals surface area contributed by atoms with Crippen LogP contribution in [0.5, 0.6) is 5.75 Å². The van der Waals surface area contributed by atoms with Crippen LogP contribution in [0.25, 0.3) is 0 Å². The Morgan fingerprint density at radius 1 is 1.13 bits per heavy atom. The molecule has 0 spiro atoms. The molecule has 0 atom stereocenters. The van der Waals surface area contributed by atoms with E-state index in [9.17, 15) is 9.59 Å². The lowest BCUT2D eigenvalue weighted by Gasteiger charge is -2.12. The zero-order valence-electron chi connectivity index (χ0n) is 13.3. The fourth-order valence-electron chi connectivity index (χ4n) is 2.30.